The highest BCUT2D eigenvalue weighted by Crippen LogP contribution is 2.37. The summed E-state index contributed by atoms with van der Waals surface area (Å²) in [5.41, 5.74) is 5.06. The normalized spacial score (nSPS) is 17.3. The Morgan fingerprint density at radius 1 is 1.15 bits per heavy atom. The Labute approximate surface area is 154 Å². The predicted molar refractivity (Wildman–Crippen MR) is 102 cm³/mol. The van der Waals surface area contributed by atoms with Crippen LogP contribution in [0.1, 0.15) is 42.7 Å². The number of hydrogen-bond acceptors (Lipinski definition) is 3. The van der Waals surface area contributed by atoms with Crippen LogP contribution < -0.4 is 4.74 Å². The zero-order valence-corrected chi connectivity index (χ0v) is 15.1. The second kappa shape index (κ2) is 7.65. The molecule has 0 bridgehead atoms. The quantitative estimate of drug-likeness (QED) is 0.602. The van der Waals surface area contributed by atoms with Gasteiger partial charge in [0.1, 0.15) is 12.4 Å². The van der Waals surface area contributed by atoms with Gasteiger partial charge in [-0.1, -0.05) is 30.3 Å². The third kappa shape index (κ3) is 3.59. The molecule has 1 aromatic carbocycles. The lowest BCUT2D eigenvalue weighted by Gasteiger charge is -2.23. The minimum atomic E-state index is 0.547. The first kappa shape index (κ1) is 16.7. The zero-order valence-electron chi connectivity index (χ0n) is 15.1. The van der Waals surface area contributed by atoms with Crippen LogP contribution in [-0.4, -0.2) is 16.7 Å². The van der Waals surface area contributed by atoms with Crippen LogP contribution in [0.15, 0.2) is 66.7 Å². The molecule has 0 radical (unpaired) electrons. The molecule has 0 amide bonds. The number of pyridine rings is 1. The molecule has 0 unspecified atom stereocenters. The van der Waals surface area contributed by atoms with Crippen LogP contribution in [0.3, 0.4) is 0 Å². The Bertz CT molecular complexity index is 889. The minimum Gasteiger partial charge on any atom is -0.504 e. The Balaban J connectivity index is 1.51. The summed E-state index contributed by atoms with van der Waals surface area (Å²) in [6.07, 6.45) is 10.4. The summed E-state index contributed by atoms with van der Waals surface area (Å²) in [6, 6.07) is 14.3. The molecule has 4 nitrogen and oxygen atoms in total. The highest BCUT2D eigenvalue weighted by atomic mass is 16.5. The molecule has 1 fully saturated rings. The number of rotatable bonds is 5. The van der Waals surface area contributed by atoms with Crippen LogP contribution in [0.4, 0.5) is 0 Å². The van der Waals surface area contributed by atoms with Crippen LogP contribution in [0, 0.1) is 0 Å². The van der Waals surface area contributed by atoms with Crippen molar-refractivity contribution in [1.82, 2.24) is 9.61 Å². The van der Waals surface area contributed by atoms with Crippen molar-refractivity contribution in [3.05, 3.63) is 77.8 Å². The maximum Gasteiger partial charge on any atom is 0.123 e. The fourth-order valence-electron chi connectivity index (χ4n) is 3.71. The van der Waals surface area contributed by atoms with Crippen molar-refractivity contribution in [2.24, 2.45) is 0 Å². The van der Waals surface area contributed by atoms with Crippen molar-refractivity contribution < 1.29 is 9.47 Å². The number of allylic oxidation sites excluding steroid dienone is 1. The molecule has 0 atom stereocenters. The third-order valence-corrected chi connectivity index (χ3v) is 5.12. The van der Waals surface area contributed by atoms with Gasteiger partial charge in [0.25, 0.3) is 0 Å². The fourth-order valence-corrected chi connectivity index (χ4v) is 3.71. The first-order valence-electron chi connectivity index (χ1n) is 9.18. The fraction of sp³-hybridized carbons (Fsp3) is 0.318. The highest BCUT2D eigenvalue weighted by Gasteiger charge is 2.22. The van der Waals surface area contributed by atoms with Gasteiger partial charge in [0.15, 0.2) is 0 Å². The van der Waals surface area contributed by atoms with Crippen molar-refractivity contribution in [2.75, 3.05) is 7.11 Å². The van der Waals surface area contributed by atoms with E-state index in [0.717, 1.165) is 36.9 Å². The first-order valence-corrected chi connectivity index (χ1v) is 9.18. The number of benzene rings is 1. The van der Waals surface area contributed by atoms with E-state index >= 15 is 0 Å². The van der Waals surface area contributed by atoms with E-state index in [1.807, 2.05) is 47.4 Å². The summed E-state index contributed by atoms with van der Waals surface area (Å²) >= 11 is 0. The molecule has 1 aliphatic carbocycles. The number of hydrogen-bond donors (Lipinski definition) is 0. The van der Waals surface area contributed by atoms with E-state index in [-0.39, 0.29) is 0 Å². The van der Waals surface area contributed by atoms with Crippen LogP contribution in [-0.2, 0) is 11.3 Å². The van der Waals surface area contributed by atoms with Crippen LogP contribution in [0.2, 0.25) is 0 Å². The summed E-state index contributed by atoms with van der Waals surface area (Å²) in [4.78, 5) is 0. The zero-order chi connectivity index (χ0) is 17.8. The molecular formula is C22H24N2O2. The number of ether oxygens (including phenoxy) is 2. The van der Waals surface area contributed by atoms with Gasteiger partial charge in [0.05, 0.1) is 25.1 Å². The highest BCUT2D eigenvalue weighted by molar-refractivity contribution is 5.58. The van der Waals surface area contributed by atoms with Gasteiger partial charge in [-0.15, -0.1) is 0 Å². The molecule has 3 aromatic rings. The number of methoxy groups -OCH3 is 1. The van der Waals surface area contributed by atoms with Gasteiger partial charge >= 0.3 is 0 Å². The average molecular weight is 348 g/mol. The Kier molecular flexibility index (Phi) is 4.91. The molecule has 2 aromatic heterocycles. The molecule has 4 rings (SSSR count). The summed E-state index contributed by atoms with van der Waals surface area (Å²) in [7, 11) is 1.72. The van der Waals surface area contributed by atoms with Gasteiger partial charge in [0, 0.05) is 17.8 Å². The van der Waals surface area contributed by atoms with E-state index in [1.165, 1.54) is 16.7 Å². The molecule has 0 spiro atoms. The van der Waals surface area contributed by atoms with E-state index < -0.39 is 0 Å². The van der Waals surface area contributed by atoms with Gasteiger partial charge in [-0.3, -0.25) is 0 Å². The van der Waals surface area contributed by atoms with E-state index in [4.69, 9.17) is 9.47 Å². The molecule has 0 aliphatic heterocycles. The van der Waals surface area contributed by atoms with Gasteiger partial charge in [0.2, 0.25) is 0 Å². The van der Waals surface area contributed by atoms with Crippen LogP contribution in [0.25, 0.3) is 5.52 Å². The molecule has 26 heavy (non-hydrogen) atoms. The lowest BCUT2D eigenvalue weighted by molar-refractivity contribution is 0.306. The number of nitrogens with zero attached hydrogens (tertiary/aromatic N) is 2. The van der Waals surface area contributed by atoms with Crippen LogP contribution >= 0.6 is 0 Å². The maximum atomic E-state index is 5.99. The summed E-state index contributed by atoms with van der Waals surface area (Å²) in [5, 5.41) is 4.53. The van der Waals surface area contributed by atoms with E-state index in [0.29, 0.717) is 12.5 Å². The molecule has 4 heteroatoms. The molecule has 0 saturated heterocycles. The van der Waals surface area contributed by atoms with Crippen LogP contribution in [0.5, 0.6) is 5.75 Å². The number of aromatic nitrogens is 2. The first-order chi connectivity index (χ1) is 12.8. The SMILES string of the molecule is COC=C1CCC(c2cnn3ccc(OCc4ccccc4)cc23)CC1. The standard InChI is InChI=1S/C22H24N2O2/c1-25-15-18-7-9-19(10-8-18)21-14-23-24-12-11-20(13-22(21)24)26-16-17-5-3-2-4-6-17/h2-6,11-15,19H,7-10,16H2,1H3. The van der Waals surface area contributed by atoms with Crippen molar-refractivity contribution in [2.45, 2.75) is 38.2 Å². The summed E-state index contributed by atoms with van der Waals surface area (Å²) < 4.78 is 13.1. The minimum absolute atomic E-state index is 0.547. The van der Waals surface area contributed by atoms with E-state index in [9.17, 15) is 0 Å². The van der Waals surface area contributed by atoms with E-state index in [1.54, 1.807) is 7.11 Å². The molecule has 0 N–H and O–H groups in total. The second-order valence-corrected chi connectivity index (χ2v) is 6.85. The van der Waals surface area contributed by atoms with Gasteiger partial charge in [-0.05, 0) is 48.8 Å². The van der Waals surface area contributed by atoms with Gasteiger partial charge < -0.3 is 9.47 Å². The lowest BCUT2D eigenvalue weighted by Crippen LogP contribution is -2.06. The summed E-state index contributed by atoms with van der Waals surface area (Å²) in [6.45, 7) is 0.578. The predicted octanol–water partition coefficient (Wildman–Crippen LogP) is 5.10. The molecule has 1 aliphatic rings. The van der Waals surface area contributed by atoms with Gasteiger partial charge in [-0.2, -0.15) is 5.10 Å². The van der Waals surface area contributed by atoms with Gasteiger partial charge in [-0.25, -0.2) is 4.52 Å². The Morgan fingerprint density at radius 2 is 1.96 bits per heavy atom. The third-order valence-electron chi connectivity index (χ3n) is 5.12. The Hall–Kier alpha value is -2.75. The summed E-state index contributed by atoms with van der Waals surface area (Å²) in [5.74, 6) is 1.43. The molecular weight excluding hydrogens is 324 g/mol. The van der Waals surface area contributed by atoms with E-state index in [2.05, 4.69) is 23.3 Å². The van der Waals surface area contributed by atoms with Crippen molar-refractivity contribution in [3.63, 3.8) is 0 Å². The average Bonchev–Trinajstić information content (AvgIpc) is 3.11. The smallest absolute Gasteiger partial charge is 0.123 e. The molecule has 1 saturated carbocycles. The van der Waals surface area contributed by atoms with Crippen molar-refractivity contribution in [1.29, 1.82) is 0 Å². The van der Waals surface area contributed by atoms with Crippen molar-refractivity contribution in [3.8, 4) is 5.75 Å². The molecule has 2 heterocycles. The topological polar surface area (TPSA) is 35.8 Å². The Morgan fingerprint density at radius 3 is 2.73 bits per heavy atom. The largest absolute Gasteiger partial charge is 0.504 e. The maximum absolute atomic E-state index is 5.99. The second-order valence-electron chi connectivity index (χ2n) is 6.85. The monoisotopic (exact) mass is 348 g/mol. The molecule has 134 valence electrons. The lowest BCUT2D eigenvalue weighted by atomic mass is 9.82. The van der Waals surface area contributed by atoms with Crippen molar-refractivity contribution >= 4 is 5.52 Å². The number of fused-ring (bicyclic) bond motifs is 1.